The van der Waals surface area contributed by atoms with Gasteiger partial charge in [0.15, 0.2) is 23.2 Å². The van der Waals surface area contributed by atoms with Gasteiger partial charge in [-0.25, -0.2) is 19.5 Å². The van der Waals surface area contributed by atoms with Gasteiger partial charge in [-0.15, -0.1) is 0 Å². The third-order valence-corrected chi connectivity index (χ3v) is 10.6. The van der Waals surface area contributed by atoms with Gasteiger partial charge in [0, 0.05) is 6.42 Å². The van der Waals surface area contributed by atoms with Crippen LogP contribution < -0.4 is 17.0 Å². The number of fused-ring (bicyclic) bond motifs is 3. The fourth-order valence-electron chi connectivity index (χ4n) is 5.85. The molecule has 0 saturated carbocycles. The number of rotatable bonds is 2. The highest BCUT2D eigenvalue weighted by atomic mass is 32.1. The predicted molar refractivity (Wildman–Crippen MR) is 147 cm³/mol. The molecule has 4 aliphatic heterocycles. The van der Waals surface area contributed by atoms with E-state index < -0.39 is 77.2 Å². The second-order valence-corrected chi connectivity index (χ2v) is 13.7. The summed E-state index contributed by atoms with van der Waals surface area (Å²) in [5.74, 6) is 0.0545. The number of hydrogen-bond donors (Lipinski definition) is 4. The topological polar surface area (TPSA) is 273 Å². The average molecular weight is 671 g/mol. The van der Waals surface area contributed by atoms with Gasteiger partial charge in [-0.2, -0.15) is 9.36 Å². The molecule has 4 fully saturated rings. The molecule has 0 aromatic carbocycles. The lowest BCUT2D eigenvalue weighted by Gasteiger charge is -2.32. The fourth-order valence-corrected chi connectivity index (χ4v) is 8.65. The van der Waals surface area contributed by atoms with Crippen molar-refractivity contribution in [1.82, 2.24) is 33.9 Å². The lowest BCUT2D eigenvalue weighted by atomic mass is 10.0. The van der Waals surface area contributed by atoms with Gasteiger partial charge in [0.2, 0.25) is 5.95 Å². The minimum absolute atomic E-state index is 0.0130. The van der Waals surface area contributed by atoms with Crippen LogP contribution in [0.3, 0.4) is 0 Å². The van der Waals surface area contributed by atoms with E-state index in [-0.39, 0.29) is 36.0 Å². The summed E-state index contributed by atoms with van der Waals surface area (Å²) in [6.07, 6.45) is -2.91. The minimum atomic E-state index is -4.79. The summed E-state index contributed by atoms with van der Waals surface area (Å²) >= 11 is 1.11. The number of ether oxygens (including phenoxy) is 3. The Balaban J connectivity index is 1.07. The molecule has 2 unspecified atom stereocenters. The Hall–Kier alpha value is -2.94. The van der Waals surface area contributed by atoms with Gasteiger partial charge in [-0.3, -0.25) is 28.0 Å². The van der Waals surface area contributed by atoms with E-state index in [1.54, 1.807) is 0 Å². The number of nitrogens with one attached hydrogen (secondary N) is 1. The van der Waals surface area contributed by atoms with Crippen LogP contribution in [0.25, 0.3) is 22.2 Å². The van der Waals surface area contributed by atoms with E-state index in [9.17, 15) is 18.8 Å². The Labute approximate surface area is 249 Å². The van der Waals surface area contributed by atoms with Gasteiger partial charge in [-0.05, 0) is 11.5 Å². The van der Waals surface area contributed by atoms with E-state index in [4.69, 9.17) is 43.8 Å². The number of phosphoric ester groups is 1. The van der Waals surface area contributed by atoms with Crippen molar-refractivity contribution in [3.05, 3.63) is 27.9 Å². The van der Waals surface area contributed by atoms with Gasteiger partial charge in [-0.1, -0.05) is 0 Å². The molecule has 44 heavy (non-hydrogen) atoms. The highest BCUT2D eigenvalue weighted by Gasteiger charge is 2.65. The Morgan fingerprint density at radius 3 is 2.91 bits per heavy atom. The quantitative estimate of drug-likeness (QED) is 0.207. The summed E-state index contributed by atoms with van der Waals surface area (Å²) in [5.41, 5.74) is 10.5. The number of nitrogen functional groups attached to an aromatic ring is 2. The van der Waals surface area contributed by atoms with Crippen LogP contribution in [0.2, 0.25) is 0 Å². The number of nitrogens with zero attached hydrogens (tertiary/aromatic N) is 6. The maximum atomic E-state index is 13.3. The SMILES string of the molecule is Nc1nc2c(ncn2[C@@H]2O[C@@]34CO[C@@H]2[C@@H]3OP(=O)(O)OC[C@H]2O[C@@H](c3snc5c(N)ncnc35)C[C@@H]2O[PH](=O)OC4)c(=O)[nH]1. The van der Waals surface area contributed by atoms with Crippen LogP contribution in [0.15, 0.2) is 17.4 Å². The molecule has 4 aliphatic rings. The summed E-state index contributed by atoms with van der Waals surface area (Å²) in [4.78, 5) is 42.5. The molecule has 0 spiro atoms. The van der Waals surface area contributed by atoms with Crippen molar-refractivity contribution in [3.8, 4) is 0 Å². The van der Waals surface area contributed by atoms with Gasteiger partial charge >= 0.3 is 16.1 Å². The van der Waals surface area contributed by atoms with E-state index >= 15 is 0 Å². The maximum Gasteiger partial charge on any atom is 0.472 e. The van der Waals surface area contributed by atoms with E-state index in [0.717, 1.165) is 11.5 Å². The van der Waals surface area contributed by atoms with E-state index in [1.807, 2.05) is 0 Å². The van der Waals surface area contributed by atoms with E-state index in [0.29, 0.717) is 15.9 Å². The number of imidazole rings is 1. The van der Waals surface area contributed by atoms with Crippen molar-refractivity contribution in [3.63, 3.8) is 0 Å². The molecule has 23 heteroatoms. The number of H-pyrrole nitrogens is 1. The van der Waals surface area contributed by atoms with Crippen LogP contribution in [0.4, 0.5) is 11.8 Å². The van der Waals surface area contributed by atoms with Crippen molar-refractivity contribution in [2.45, 2.75) is 48.8 Å². The third kappa shape index (κ3) is 4.59. The highest BCUT2D eigenvalue weighted by molar-refractivity contribution is 7.47. The largest absolute Gasteiger partial charge is 0.472 e. The van der Waals surface area contributed by atoms with Gasteiger partial charge in [0.25, 0.3) is 5.56 Å². The summed E-state index contributed by atoms with van der Waals surface area (Å²) in [6.45, 7) is -0.994. The number of phosphoric acid groups is 1. The zero-order chi connectivity index (χ0) is 30.4. The van der Waals surface area contributed by atoms with Crippen LogP contribution in [0.5, 0.6) is 0 Å². The van der Waals surface area contributed by atoms with Crippen LogP contribution >= 0.6 is 27.6 Å². The first-order valence-corrected chi connectivity index (χ1v) is 16.6. The molecule has 4 saturated heterocycles. The van der Waals surface area contributed by atoms with Crippen LogP contribution in [0.1, 0.15) is 23.6 Å². The molecule has 0 radical (unpaired) electrons. The molecule has 4 aromatic heterocycles. The maximum absolute atomic E-state index is 13.3. The molecule has 8 heterocycles. The Kier molecular flexibility index (Phi) is 6.67. The smallest absolute Gasteiger partial charge is 0.382 e. The monoisotopic (exact) mass is 671 g/mol. The first-order valence-electron chi connectivity index (χ1n) is 13.1. The molecule has 9 atom stereocenters. The number of nitrogens with two attached hydrogens (primary N) is 2. The second kappa shape index (κ2) is 10.3. The lowest BCUT2D eigenvalue weighted by Crippen LogP contribution is -2.45. The molecule has 8 rings (SSSR count). The van der Waals surface area contributed by atoms with Crippen molar-refractivity contribution >= 4 is 61.6 Å². The fraction of sp³-hybridized carbons (Fsp3) is 0.524. The highest BCUT2D eigenvalue weighted by Crippen LogP contribution is 2.56. The molecule has 2 bridgehead atoms. The van der Waals surface area contributed by atoms with Crippen molar-refractivity contribution < 1.29 is 46.3 Å². The summed E-state index contributed by atoms with van der Waals surface area (Å²) in [6, 6.07) is 0. The van der Waals surface area contributed by atoms with Crippen LogP contribution in [-0.2, 0) is 41.4 Å². The summed E-state index contributed by atoms with van der Waals surface area (Å²) < 4.78 is 72.8. The van der Waals surface area contributed by atoms with Gasteiger partial charge in [0.1, 0.15) is 41.3 Å². The molecule has 0 aliphatic carbocycles. The number of hydrogen-bond acceptors (Lipinski definition) is 18. The van der Waals surface area contributed by atoms with Gasteiger partial charge < -0.3 is 39.6 Å². The van der Waals surface area contributed by atoms with Gasteiger partial charge in [0.05, 0.1) is 43.2 Å². The second-order valence-electron chi connectivity index (χ2n) is 10.5. The van der Waals surface area contributed by atoms with E-state index in [2.05, 4.69) is 29.3 Å². The average Bonchev–Trinajstić information content (AvgIpc) is 3.79. The number of aromatic nitrogens is 7. The normalized spacial score (nSPS) is 37.5. The predicted octanol–water partition coefficient (Wildman–Crippen LogP) is 0.188. The first-order chi connectivity index (χ1) is 21.1. The van der Waals surface area contributed by atoms with Crippen LogP contribution in [0, 0.1) is 0 Å². The standard InChI is InChI=1S/C21H23N9O11P2S/c22-16-11-10(24-5-25-16)14(44-29-11)8-1-7-9(38-8)2-37-43(33,34)41-15-13-19(39-21(15,3-35-13)4-36-42(32)40-7)30-6-26-12-17(30)27-20(23)28-18(12)31/h5-9,13,15,19,42H,1-4H2,(H,33,34)(H2,22,24,25)(H3,23,27,28,31)/t7-,8+,9+,13+,15-,19+,21+/m0/s1. The molecule has 4 aromatic rings. The zero-order valence-corrected chi connectivity index (χ0v) is 24.9. The summed E-state index contributed by atoms with van der Waals surface area (Å²) in [7, 11) is -7.97. The van der Waals surface area contributed by atoms with Crippen molar-refractivity contribution in [1.29, 1.82) is 0 Å². The molecule has 0 amide bonds. The lowest BCUT2D eigenvalue weighted by molar-refractivity contribution is -0.183. The molecular formula is C21H23N9O11P2S. The molecule has 20 nitrogen and oxygen atoms in total. The zero-order valence-electron chi connectivity index (χ0n) is 22.2. The molecular weight excluding hydrogens is 648 g/mol. The van der Waals surface area contributed by atoms with Crippen LogP contribution in [-0.4, -0.2) is 88.6 Å². The minimum Gasteiger partial charge on any atom is -0.382 e. The number of anilines is 2. The van der Waals surface area contributed by atoms with Crippen molar-refractivity contribution in [2.24, 2.45) is 0 Å². The molecule has 6 N–H and O–H groups in total. The van der Waals surface area contributed by atoms with Crippen molar-refractivity contribution in [2.75, 3.05) is 31.3 Å². The first kappa shape index (κ1) is 28.5. The Bertz CT molecular complexity index is 1920. The summed E-state index contributed by atoms with van der Waals surface area (Å²) in [5, 5.41) is 0. The molecule has 234 valence electrons. The third-order valence-electron chi connectivity index (χ3n) is 7.84. The number of aromatic amines is 1. The van der Waals surface area contributed by atoms with E-state index in [1.165, 1.54) is 17.2 Å². The Morgan fingerprint density at radius 1 is 1.18 bits per heavy atom. The Morgan fingerprint density at radius 2 is 2.05 bits per heavy atom.